The van der Waals surface area contributed by atoms with Gasteiger partial charge in [-0.05, 0) is 43.9 Å². The van der Waals surface area contributed by atoms with Crippen LogP contribution in [0.2, 0.25) is 0 Å². The van der Waals surface area contributed by atoms with Crippen LogP contribution in [0.4, 0.5) is 0 Å². The highest BCUT2D eigenvalue weighted by atomic mass is 16.5. The minimum Gasteiger partial charge on any atom is -0.493 e. The summed E-state index contributed by atoms with van der Waals surface area (Å²) >= 11 is 0. The summed E-state index contributed by atoms with van der Waals surface area (Å²) in [4.78, 5) is 11.9. The van der Waals surface area contributed by atoms with E-state index in [-0.39, 0.29) is 12.3 Å². The van der Waals surface area contributed by atoms with Crippen LogP contribution in [0, 0.1) is 5.92 Å². The third-order valence-electron chi connectivity index (χ3n) is 3.63. The SMILES string of the molecule is CCOC(=O)c1n[nH]nc1-c1ccc(OC)c(OCC2CC2)c1. The Hall–Kier alpha value is -2.57. The molecule has 0 amide bonds. The summed E-state index contributed by atoms with van der Waals surface area (Å²) in [6.45, 7) is 2.70. The normalized spacial score (nSPS) is 13.7. The van der Waals surface area contributed by atoms with E-state index in [1.807, 2.05) is 12.1 Å². The highest BCUT2D eigenvalue weighted by molar-refractivity contribution is 5.94. The number of hydrogen-bond acceptors (Lipinski definition) is 6. The molecule has 1 fully saturated rings. The highest BCUT2D eigenvalue weighted by Crippen LogP contribution is 2.35. The van der Waals surface area contributed by atoms with Crippen LogP contribution < -0.4 is 9.47 Å². The van der Waals surface area contributed by atoms with Gasteiger partial charge in [0.1, 0.15) is 5.69 Å². The van der Waals surface area contributed by atoms with Crippen molar-refractivity contribution in [3.8, 4) is 22.8 Å². The lowest BCUT2D eigenvalue weighted by Crippen LogP contribution is -2.07. The van der Waals surface area contributed by atoms with Crippen LogP contribution in [0.1, 0.15) is 30.3 Å². The number of hydrogen-bond donors (Lipinski definition) is 1. The maximum atomic E-state index is 11.9. The molecule has 0 bridgehead atoms. The molecule has 122 valence electrons. The lowest BCUT2D eigenvalue weighted by atomic mass is 10.1. The first kappa shape index (κ1) is 15.3. The van der Waals surface area contributed by atoms with Crippen LogP contribution in [0.15, 0.2) is 18.2 Å². The molecule has 0 radical (unpaired) electrons. The fourth-order valence-electron chi connectivity index (χ4n) is 2.20. The molecular weight excluding hydrogens is 298 g/mol. The number of carbonyl (C=O) groups is 1. The number of ether oxygens (including phenoxy) is 3. The fraction of sp³-hybridized carbons (Fsp3) is 0.438. The third kappa shape index (κ3) is 3.44. The van der Waals surface area contributed by atoms with Crippen LogP contribution in [0.3, 0.4) is 0 Å². The smallest absolute Gasteiger partial charge is 0.361 e. The van der Waals surface area contributed by atoms with E-state index in [4.69, 9.17) is 14.2 Å². The minimum atomic E-state index is -0.507. The number of aromatic nitrogens is 3. The summed E-state index contributed by atoms with van der Waals surface area (Å²) in [5.41, 5.74) is 1.31. The van der Waals surface area contributed by atoms with Gasteiger partial charge in [0, 0.05) is 5.56 Å². The predicted octanol–water partition coefficient (Wildman–Crippen LogP) is 2.45. The quantitative estimate of drug-likeness (QED) is 0.789. The number of carbonyl (C=O) groups excluding carboxylic acids is 1. The molecule has 3 rings (SSSR count). The Morgan fingerprint density at radius 3 is 2.83 bits per heavy atom. The second-order valence-electron chi connectivity index (χ2n) is 5.36. The zero-order valence-corrected chi connectivity index (χ0v) is 13.2. The topological polar surface area (TPSA) is 86.3 Å². The van der Waals surface area contributed by atoms with Crippen LogP contribution in [-0.4, -0.2) is 41.7 Å². The van der Waals surface area contributed by atoms with E-state index in [9.17, 15) is 4.79 Å². The number of methoxy groups -OCH3 is 1. The maximum Gasteiger partial charge on any atom is 0.361 e. The van der Waals surface area contributed by atoms with E-state index in [1.165, 1.54) is 12.8 Å². The Morgan fingerprint density at radius 1 is 1.30 bits per heavy atom. The van der Waals surface area contributed by atoms with Gasteiger partial charge in [0.25, 0.3) is 0 Å². The van der Waals surface area contributed by atoms with Gasteiger partial charge < -0.3 is 14.2 Å². The molecule has 1 aromatic heterocycles. The first-order valence-electron chi connectivity index (χ1n) is 7.62. The molecule has 0 saturated heterocycles. The molecule has 0 aliphatic heterocycles. The van der Waals surface area contributed by atoms with Crippen molar-refractivity contribution in [2.75, 3.05) is 20.3 Å². The molecule has 1 saturated carbocycles. The lowest BCUT2D eigenvalue weighted by molar-refractivity contribution is 0.0520. The Bertz CT molecular complexity index is 694. The van der Waals surface area contributed by atoms with Crippen LogP contribution in [-0.2, 0) is 4.74 Å². The molecule has 1 aromatic carbocycles. The molecule has 1 aliphatic carbocycles. The van der Waals surface area contributed by atoms with Crippen molar-refractivity contribution in [3.05, 3.63) is 23.9 Å². The average molecular weight is 317 g/mol. The second kappa shape index (κ2) is 6.68. The summed E-state index contributed by atoms with van der Waals surface area (Å²) in [5.74, 6) is 1.41. The van der Waals surface area contributed by atoms with Gasteiger partial charge >= 0.3 is 5.97 Å². The molecule has 0 unspecified atom stereocenters. The van der Waals surface area contributed by atoms with Gasteiger partial charge in [0.15, 0.2) is 17.2 Å². The predicted molar refractivity (Wildman–Crippen MR) is 82.5 cm³/mol. The number of nitrogens with zero attached hydrogens (tertiary/aromatic N) is 2. The van der Waals surface area contributed by atoms with Crippen LogP contribution in [0.5, 0.6) is 11.5 Å². The van der Waals surface area contributed by atoms with Crippen molar-refractivity contribution in [1.29, 1.82) is 0 Å². The van der Waals surface area contributed by atoms with E-state index < -0.39 is 5.97 Å². The summed E-state index contributed by atoms with van der Waals surface area (Å²) < 4.78 is 16.2. The van der Waals surface area contributed by atoms with Gasteiger partial charge in [0.2, 0.25) is 0 Å². The zero-order chi connectivity index (χ0) is 16.2. The van der Waals surface area contributed by atoms with Gasteiger partial charge in [-0.1, -0.05) is 0 Å². The summed E-state index contributed by atoms with van der Waals surface area (Å²) in [5, 5.41) is 10.4. The second-order valence-corrected chi connectivity index (χ2v) is 5.36. The van der Waals surface area contributed by atoms with Gasteiger partial charge in [-0.25, -0.2) is 4.79 Å². The number of H-pyrrole nitrogens is 1. The largest absolute Gasteiger partial charge is 0.493 e. The number of benzene rings is 1. The van der Waals surface area contributed by atoms with Crippen LogP contribution in [0.25, 0.3) is 11.3 Å². The van der Waals surface area contributed by atoms with Crippen molar-refractivity contribution < 1.29 is 19.0 Å². The standard InChI is InChI=1S/C16H19N3O4/c1-3-22-16(20)15-14(17-19-18-15)11-6-7-12(21-2)13(8-11)23-9-10-4-5-10/h6-8,10H,3-5,9H2,1-2H3,(H,17,18,19). The molecule has 1 aliphatic rings. The van der Waals surface area contributed by atoms with E-state index in [0.29, 0.717) is 35.3 Å². The fourth-order valence-corrected chi connectivity index (χ4v) is 2.20. The number of aromatic amines is 1. The van der Waals surface area contributed by atoms with E-state index in [2.05, 4.69) is 15.4 Å². The Labute approximate surface area is 133 Å². The number of rotatable bonds is 7. The average Bonchev–Trinajstić information content (AvgIpc) is 3.26. The Morgan fingerprint density at radius 2 is 2.13 bits per heavy atom. The van der Waals surface area contributed by atoms with E-state index in [1.54, 1.807) is 20.1 Å². The van der Waals surface area contributed by atoms with Crippen molar-refractivity contribution in [3.63, 3.8) is 0 Å². The van der Waals surface area contributed by atoms with E-state index >= 15 is 0 Å². The molecular formula is C16H19N3O4. The summed E-state index contributed by atoms with van der Waals surface area (Å²) in [6, 6.07) is 5.41. The first-order valence-corrected chi connectivity index (χ1v) is 7.62. The molecule has 1 heterocycles. The van der Waals surface area contributed by atoms with Gasteiger partial charge in [-0.15, -0.1) is 5.10 Å². The van der Waals surface area contributed by atoms with Crippen molar-refractivity contribution in [2.24, 2.45) is 5.92 Å². The lowest BCUT2D eigenvalue weighted by Gasteiger charge is -2.11. The van der Waals surface area contributed by atoms with Gasteiger partial charge in [-0.3, -0.25) is 0 Å². The molecule has 7 nitrogen and oxygen atoms in total. The van der Waals surface area contributed by atoms with Crippen molar-refractivity contribution >= 4 is 5.97 Å². The number of esters is 1. The minimum absolute atomic E-state index is 0.158. The molecule has 0 spiro atoms. The highest BCUT2D eigenvalue weighted by Gasteiger charge is 2.24. The summed E-state index contributed by atoms with van der Waals surface area (Å²) in [7, 11) is 1.60. The van der Waals surface area contributed by atoms with Crippen molar-refractivity contribution in [2.45, 2.75) is 19.8 Å². The number of nitrogens with one attached hydrogen (secondary N) is 1. The zero-order valence-electron chi connectivity index (χ0n) is 13.2. The first-order chi connectivity index (χ1) is 11.2. The van der Waals surface area contributed by atoms with Gasteiger partial charge in [-0.2, -0.15) is 10.3 Å². The van der Waals surface area contributed by atoms with E-state index in [0.717, 1.165) is 0 Å². The maximum absolute atomic E-state index is 11.9. The monoisotopic (exact) mass is 317 g/mol. The molecule has 7 heteroatoms. The third-order valence-corrected chi connectivity index (χ3v) is 3.63. The van der Waals surface area contributed by atoms with Crippen molar-refractivity contribution in [1.82, 2.24) is 15.4 Å². The molecule has 23 heavy (non-hydrogen) atoms. The molecule has 2 aromatic rings. The Kier molecular flexibility index (Phi) is 4.45. The molecule has 0 atom stereocenters. The van der Waals surface area contributed by atoms with Gasteiger partial charge in [0.05, 0.1) is 20.3 Å². The Balaban J connectivity index is 1.88. The van der Waals surface area contributed by atoms with Crippen LogP contribution >= 0.6 is 0 Å². The summed E-state index contributed by atoms with van der Waals surface area (Å²) in [6.07, 6.45) is 2.41. The molecule has 1 N–H and O–H groups in total.